The van der Waals surface area contributed by atoms with Crippen molar-refractivity contribution in [3.63, 3.8) is 0 Å². The lowest BCUT2D eigenvalue weighted by molar-refractivity contribution is -0.176. The first-order valence-electron chi connectivity index (χ1n) is 9.10. The quantitative estimate of drug-likeness (QED) is 0.0992. The first kappa shape index (κ1) is 46.7. The van der Waals surface area contributed by atoms with E-state index in [4.69, 9.17) is 38.3 Å². The highest BCUT2D eigenvalue weighted by Crippen LogP contribution is 2.12. The summed E-state index contributed by atoms with van der Waals surface area (Å²) in [5.41, 5.74) is -1.55. The van der Waals surface area contributed by atoms with Crippen LogP contribution in [0.15, 0.2) is 0 Å². The number of methoxy groups -OCH3 is 3. The van der Waals surface area contributed by atoms with Crippen LogP contribution in [-0.2, 0) is 38.2 Å². The monoisotopic (exact) mass is 690 g/mol. The van der Waals surface area contributed by atoms with Crippen LogP contribution in [0.2, 0.25) is 0 Å². The Morgan fingerprint density at radius 3 is 1.08 bits per heavy atom. The Kier molecular flexibility index (Phi) is 38.3. The van der Waals surface area contributed by atoms with Crippen molar-refractivity contribution in [3.8, 4) is 0 Å². The number of ether oxygens (including phenoxy) is 3. The van der Waals surface area contributed by atoms with Crippen molar-refractivity contribution in [2.45, 2.75) is 25.7 Å². The molecule has 39 heavy (non-hydrogen) atoms. The molecule has 0 saturated carbocycles. The van der Waals surface area contributed by atoms with E-state index in [1.54, 1.807) is 0 Å². The number of carbonyl (C=O) groups excluding carboxylic acids is 8. The van der Waals surface area contributed by atoms with Crippen LogP contribution >= 0.6 is 69.6 Å². The minimum Gasteiger partial charge on any atom is -0.457 e. The summed E-state index contributed by atoms with van der Waals surface area (Å²) in [6.45, 7) is 0. The van der Waals surface area contributed by atoms with Gasteiger partial charge in [-0.1, -0.05) is 5.06 Å². The van der Waals surface area contributed by atoms with Crippen molar-refractivity contribution in [1.82, 2.24) is 10.1 Å². The number of halogens is 6. The first-order chi connectivity index (χ1) is 18.0. The Hall–Kier alpha value is -2.18. The lowest BCUT2D eigenvalue weighted by Crippen LogP contribution is -2.31. The third-order valence-corrected chi connectivity index (χ3v) is 2.99. The topological polar surface area (TPSA) is 220 Å². The van der Waals surface area contributed by atoms with Gasteiger partial charge >= 0.3 is 21.7 Å². The molecule has 0 aromatic heterocycles. The second kappa shape index (κ2) is 32.0. The zero-order chi connectivity index (χ0) is 32.1. The van der Waals surface area contributed by atoms with E-state index in [2.05, 4.69) is 65.5 Å². The number of imide groups is 2. The van der Waals surface area contributed by atoms with E-state index < -0.39 is 45.3 Å². The predicted octanol–water partition coefficient (Wildman–Crippen LogP) is 3.96. The van der Waals surface area contributed by atoms with Crippen LogP contribution in [0.1, 0.15) is 25.7 Å². The van der Waals surface area contributed by atoms with E-state index in [0.29, 0.717) is 5.06 Å². The molecule has 0 spiro atoms. The van der Waals surface area contributed by atoms with Crippen LogP contribution in [0, 0.1) is 0 Å². The third kappa shape index (κ3) is 35.8. The summed E-state index contributed by atoms with van der Waals surface area (Å²) in [5.74, 6) is -2.05. The molecule has 0 aliphatic carbocycles. The number of amides is 4. The fourth-order valence-electron chi connectivity index (χ4n) is 1.33. The molecule has 0 unspecified atom stereocenters. The highest BCUT2D eigenvalue weighted by atomic mass is 35.5. The molecule has 0 aromatic carbocycles. The van der Waals surface area contributed by atoms with E-state index in [-0.39, 0.29) is 36.1 Å². The standard InChI is InChI=1S/C6H7NO5.C4H5NO3.2C2H3ClO2.CCl2O.CH2Cl2.CH4O/c1-11-6(10)12-7-4(8)2-3-5(7)9;6-3-1-2-4(7)5(3)8;2*1-5-2(3)4;2-1(3)4;2-1-3;1-2/h2-3H2,1H3;8H,1-2H2;2*1H3;;1H2;2H,1H3. The average Bonchev–Trinajstić information content (AvgIpc) is 3.36. The summed E-state index contributed by atoms with van der Waals surface area (Å²) in [6.07, 6.45) is -0.616. The average molecular weight is 693 g/mol. The van der Waals surface area contributed by atoms with Crippen LogP contribution in [0.25, 0.3) is 0 Å². The summed E-state index contributed by atoms with van der Waals surface area (Å²) < 4.78 is 11.0. The molecule has 2 N–H and O–H groups in total. The predicted molar refractivity (Wildman–Crippen MR) is 136 cm³/mol. The molecule has 2 rings (SSSR count). The van der Waals surface area contributed by atoms with Gasteiger partial charge in [-0.3, -0.25) is 34.0 Å². The Morgan fingerprint density at radius 2 is 0.923 bits per heavy atom. The molecular weight excluding hydrogens is 669 g/mol. The van der Waals surface area contributed by atoms with E-state index in [1.807, 2.05) is 0 Å². The molecule has 2 saturated heterocycles. The fourth-order valence-corrected chi connectivity index (χ4v) is 1.33. The normalized spacial score (nSPS) is 12.3. The van der Waals surface area contributed by atoms with E-state index in [1.165, 1.54) is 14.2 Å². The molecule has 2 aliphatic rings. The molecule has 2 aliphatic heterocycles. The fraction of sp³-hybridized carbons (Fsp3) is 0.529. The number of nitrogens with zero attached hydrogens (tertiary/aromatic N) is 2. The molecule has 0 atom stereocenters. The zero-order valence-corrected chi connectivity index (χ0v) is 25.0. The number of hydrogen-bond donors (Lipinski definition) is 2. The maximum atomic E-state index is 10.8. The Bertz CT molecular complexity index is 737. The van der Waals surface area contributed by atoms with Crippen molar-refractivity contribution < 1.29 is 67.7 Å². The summed E-state index contributed by atoms with van der Waals surface area (Å²) in [7, 11) is 4.53. The largest absolute Gasteiger partial charge is 0.533 e. The lowest BCUT2D eigenvalue weighted by atomic mass is 10.4. The minimum absolute atomic E-state index is 0.0792. The molecule has 228 valence electrons. The van der Waals surface area contributed by atoms with Gasteiger partial charge in [0.05, 0.1) is 26.7 Å². The van der Waals surface area contributed by atoms with Gasteiger partial charge in [0.25, 0.3) is 23.6 Å². The molecule has 2 fully saturated rings. The number of hydrogen-bond acceptors (Lipinski definition) is 14. The molecule has 0 aromatic rings. The molecule has 0 radical (unpaired) electrons. The SMILES string of the molecule is CO.COC(=O)Cl.COC(=O)Cl.COC(=O)ON1C(=O)CCC1=O.ClCCl.O=C(Cl)Cl.O=C1CCC(=O)N1O. The lowest BCUT2D eigenvalue weighted by Gasteiger charge is -2.10. The zero-order valence-electron chi connectivity index (χ0n) is 20.5. The number of hydroxylamine groups is 4. The van der Waals surface area contributed by atoms with Crippen molar-refractivity contribution in [2.75, 3.05) is 33.8 Å². The Balaban J connectivity index is -0.000000125. The van der Waals surface area contributed by atoms with Crippen LogP contribution in [0.5, 0.6) is 0 Å². The molecule has 22 heteroatoms. The Morgan fingerprint density at radius 1 is 0.692 bits per heavy atom. The van der Waals surface area contributed by atoms with Crippen LogP contribution in [-0.4, -0.2) is 99.6 Å². The van der Waals surface area contributed by atoms with Gasteiger partial charge in [-0.15, -0.1) is 23.2 Å². The number of aliphatic hydroxyl groups excluding tert-OH is 1. The molecular formula is C17H24Cl6N2O14. The van der Waals surface area contributed by atoms with E-state index in [0.717, 1.165) is 14.2 Å². The molecule has 4 amide bonds. The molecule has 16 nitrogen and oxygen atoms in total. The molecule has 2 heterocycles. The smallest absolute Gasteiger partial charge is 0.457 e. The van der Waals surface area contributed by atoms with Crippen molar-refractivity contribution in [2.24, 2.45) is 0 Å². The van der Waals surface area contributed by atoms with E-state index >= 15 is 0 Å². The Labute approximate surface area is 251 Å². The molecule has 0 bridgehead atoms. The summed E-state index contributed by atoms with van der Waals surface area (Å²) >= 11 is 27.5. The number of rotatable bonds is 1. The van der Waals surface area contributed by atoms with Crippen molar-refractivity contribution >= 4 is 115 Å². The van der Waals surface area contributed by atoms with Gasteiger partial charge in [-0.25, -0.2) is 14.4 Å². The van der Waals surface area contributed by atoms with Crippen molar-refractivity contribution in [3.05, 3.63) is 0 Å². The van der Waals surface area contributed by atoms with Gasteiger partial charge in [0.15, 0.2) is 0 Å². The number of carbonyl (C=O) groups is 8. The number of alkyl halides is 2. The van der Waals surface area contributed by atoms with Crippen LogP contribution in [0.3, 0.4) is 0 Å². The highest BCUT2D eigenvalue weighted by Gasteiger charge is 2.33. The number of aliphatic hydroxyl groups is 1. The van der Waals surface area contributed by atoms with Crippen LogP contribution in [0.4, 0.5) is 19.2 Å². The summed E-state index contributed by atoms with van der Waals surface area (Å²) in [6, 6.07) is 0. The van der Waals surface area contributed by atoms with Gasteiger partial charge in [-0.05, 0) is 23.2 Å². The minimum atomic E-state index is -1.07. The van der Waals surface area contributed by atoms with Crippen molar-refractivity contribution in [1.29, 1.82) is 0 Å². The van der Waals surface area contributed by atoms with Gasteiger partial charge in [0, 0.05) is 56.0 Å². The summed E-state index contributed by atoms with van der Waals surface area (Å²) in [4.78, 5) is 84.5. The van der Waals surface area contributed by atoms with Gasteiger partial charge < -0.3 is 19.3 Å². The maximum Gasteiger partial charge on any atom is 0.533 e. The van der Waals surface area contributed by atoms with Gasteiger partial charge in [-0.2, -0.15) is 5.06 Å². The van der Waals surface area contributed by atoms with Gasteiger partial charge in [0.2, 0.25) is 0 Å². The van der Waals surface area contributed by atoms with Crippen LogP contribution < -0.4 is 0 Å². The second-order valence-corrected chi connectivity index (χ2v) is 7.24. The first-order valence-corrected chi connectivity index (χ1v) is 11.7. The highest BCUT2D eigenvalue weighted by molar-refractivity contribution is 6.93. The van der Waals surface area contributed by atoms with Gasteiger partial charge in [0.1, 0.15) is 0 Å². The second-order valence-electron chi connectivity index (χ2n) is 4.94. The van der Waals surface area contributed by atoms with E-state index in [9.17, 15) is 33.6 Å². The summed E-state index contributed by atoms with van der Waals surface area (Å²) in [5, 5.41) is 16.2. The third-order valence-electron chi connectivity index (χ3n) is 2.68. The maximum absolute atomic E-state index is 10.8.